The fourth-order valence-corrected chi connectivity index (χ4v) is 4.90. The molecule has 0 bridgehead atoms. The van der Waals surface area contributed by atoms with Gasteiger partial charge in [0.25, 0.3) is 0 Å². The molecule has 1 amide bonds. The van der Waals surface area contributed by atoms with Gasteiger partial charge in [0.2, 0.25) is 12.7 Å². The molecule has 2 aliphatic rings. The van der Waals surface area contributed by atoms with Gasteiger partial charge in [0, 0.05) is 30.6 Å². The number of ether oxygens (including phenoxy) is 4. The monoisotopic (exact) mass is 514 g/mol. The fraction of sp³-hybridized carbons (Fsp3) is 0.423. The first-order valence-electron chi connectivity index (χ1n) is 12.0. The number of rotatable bonds is 11. The third kappa shape index (κ3) is 5.72. The number of fused-ring (bicyclic) bond motifs is 1. The number of hydrogen-bond acceptors (Lipinski definition) is 8. The molecule has 37 heavy (non-hydrogen) atoms. The van der Waals surface area contributed by atoms with Crippen LogP contribution in [0.1, 0.15) is 36.4 Å². The topological polar surface area (TPSA) is 144 Å². The summed E-state index contributed by atoms with van der Waals surface area (Å²) in [6.45, 7) is 2.14. The number of nitrogens with one attached hydrogen (secondary N) is 1. The molecule has 4 rings (SSSR count). The number of benzene rings is 2. The lowest BCUT2D eigenvalue weighted by Gasteiger charge is -2.28. The fourth-order valence-electron chi connectivity index (χ4n) is 4.90. The summed E-state index contributed by atoms with van der Waals surface area (Å²) in [6.07, 6.45) is 0.762. The van der Waals surface area contributed by atoms with Gasteiger partial charge in [0.05, 0.1) is 25.6 Å². The van der Waals surface area contributed by atoms with E-state index in [0.29, 0.717) is 29.4 Å². The average Bonchev–Trinajstić information content (AvgIpc) is 3.50. The average molecular weight is 515 g/mol. The number of amides is 1. The van der Waals surface area contributed by atoms with Crippen molar-refractivity contribution < 1.29 is 43.5 Å². The summed E-state index contributed by atoms with van der Waals surface area (Å²) in [5, 5.41) is 22.5. The number of carbonyl (C=O) groups is 3. The Labute approximate surface area is 213 Å². The van der Waals surface area contributed by atoms with E-state index < -0.39 is 36.4 Å². The molecule has 0 spiro atoms. The van der Waals surface area contributed by atoms with Crippen LogP contribution in [0, 0.1) is 5.92 Å². The maximum Gasteiger partial charge on any atom is 0.341 e. The van der Waals surface area contributed by atoms with Gasteiger partial charge in [-0.25, -0.2) is 4.79 Å². The minimum absolute atomic E-state index is 0.0418. The highest BCUT2D eigenvalue weighted by molar-refractivity contribution is 5.79. The molecule has 2 aliphatic heterocycles. The van der Waals surface area contributed by atoms with Crippen molar-refractivity contribution in [3.63, 3.8) is 0 Å². The van der Waals surface area contributed by atoms with Crippen molar-refractivity contribution in [2.24, 2.45) is 5.92 Å². The Hall–Kier alpha value is -3.99. The van der Waals surface area contributed by atoms with E-state index in [2.05, 4.69) is 5.32 Å². The molecule has 0 unspecified atom stereocenters. The van der Waals surface area contributed by atoms with Crippen LogP contribution in [0.3, 0.4) is 0 Å². The largest absolute Gasteiger partial charge is 0.497 e. The molecule has 2 aromatic carbocycles. The maximum absolute atomic E-state index is 12.8. The van der Waals surface area contributed by atoms with Gasteiger partial charge in [-0.2, -0.15) is 0 Å². The second kappa shape index (κ2) is 11.4. The van der Waals surface area contributed by atoms with Crippen molar-refractivity contribution in [1.29, 1.82) is 0 Å². The first-order valence-corrected chi connectivity index (χ1v) is 12.0. The predicted octanol–water partition coefficient (Wildman–Crippen LogP) is 2.25. The van der Waals surface area contributed by atoms with Crippen LogP contribution in [-0.2, 0) is 14.4 Å². The number of hydrogen-bond donors (Lipinski definition) is 3. The van der Waals surface area contributed by atoms with Crippen LogP contribution in [0.15, 0.2) is 36.4 Å². The van der Waals surface area contributed by atoms with Crippen LogP contribution < -0.4 is 24.3 Å². The van der Waals surface area contributed by atoms with E-state index in [1.807, 2.05) is 13.0 Å². The number of carboxylic acids is 2. The number of methoxy groups -OCH3 is 1. The molecular formula is C26H30N2O9. The van der Waals surface area contributed by atoms with Gasteiger partial charge >= 0.3 is 11.9 Å². The van der Waals surface area contributed by atoms with Crippen molar-refractivity contribution in [1.82, 2.24) is 10.2 Å². The Kier molecular flexibility index (Phi) is 8.02. The molecule has 1 fully saturated rings. The Morgan fingerprint density at radius 3 is 2.59 bits per heavy atom. The van der Waals surface area contributed by atoms with E-state index in [-0.39, 0.29) is 31.5 Å². The molecule has 0 aromatic heterocycles. The van der Waals surface area contributed by atoms with E-state index in [4.69, 9.17) is 18.9 Å². The highest BCUT2D eigenvalue weighted by Crippen LogP contribution is 2.49. The Morgan fingerprint density at radius 1 is 1.11 bits per heavy atom. The number of likely N-dealkylation sites (tertiary alicyclic amines) is 1. The van der Waals surface area contributed by atoms with Gasteiger partial charge in [-0.3, -0.25) is 14.5 Å². The van der Waals surface area contributed by atoms with E-state index in [0.717, 1.165) is 12.0 Å². The Balaban J connectivity index is 1.77. The molecule has 0 radical (unpaired) electrons. The molecule has 3 N–H and O–H groups in total. The zero-order valence-electron chi connectivity index (χ0n) is 20.6. The third-order valence-electron chi connectivity index (χ3n) is 6.52. The van der Waals surface area contributed by atoms with Gasteiger partial charge in [-0.15, -0.1) is 0 Å². The lowest BCUT2D eigenvalue weighted by Crippen LogP contribution is -2.38. The number of aliphatic carboxylic acids is 2. The quantitative estimate of drug-likeness (QED) is 0.408. The SMILES string of the molecule is CCCNC(=O)CN1C[C@H](c2ccc3c(c2)OCO3)[C@H](C(=O)O)[C@H]1c1ccc(OC)cc1OCC(=O)O. The van der Waals surface area contributed by atoms with Crippen molar-refractivity contribution in [3.05, 3.63) is 47.5 Å². The lowest BCUT2D eigenvalue weighted by molar-refractivity contribution is -0.143. The van der Waals surface area contributed by atoms with Crippen LogP contribution in [0.5, 0.6) is 23.0 Å². The van der Waals surface area contributed by atoms with Gasteiger partial charge in [-0.05, 0) is 30.2 Å². The second-order valence-corrected chi connectivity index (χ2v) is 8.89. The predicted molar refractivity (Wildman–Crippen MR) is 130 cm³/mol. The summed E-state index contributed by atoms with van der Waals surface area (Å²) in [4.78, 5) is 38.5. The highest BCUT2D eigenvalue weighted by atomic mass is 16.7. The molecule has 198 valence electrons. The van der Waals surface area contributed by atoms with Crippen LogP contribution in [0.4, 0.5) is 0 Å². The molecule has 3 atom stereocenters. The second-order valence-electron chi connectivity index (χ2n) is 8.89. The van der Waals surface area contributed by atoms with Gasteiger partial charge in [-0.1, -0.05) is 19.1 Å². The summed E-state index contributed by atoms with van der Waals surface area (Å²) >= 11 is 0. The lowest BCUT2D eigenvalue weighted by atomic mass is 9.82. The number of carbonyl (C=O) groups excluding carboxylic acids is 1. The molecule has 11 nitrogen and oxygen atoms in total. The molecule has 11 heteroatoms. The number of nitrogens with zero attached hydrogens (tertiary/aromatic N) is 1. The molecule has 2 heterocycles. The molecule has 1 saturated heterocycles. The van der Waals surface area contributed by atoms with Gasteiger partial charge < -0.3 is 34.5 Å². The van der Waals surface area contributed by atoms with Crippen LogP contribution in [0.2, 0.25) is 0 Å². The summed E-state index contributed by atoms with van der Waals surface area (Å²) in [6, 6.07) is 9.39. The smallest absolute Gasteiger partial charge is 0.341 e. The zero-order valence-corrected chi connectivity index (χ0v) is 20.6. The molecule has 2 aromatic rings. The Bertz CT molecular complexity index is 1170. The molecule has 0 aliphatic carbocycles. The van der Waals surface area contributed by atoms with E-state index in [9.17, 15) is 24.6 Å². The van der Waals surface area contributed by atoms with E-state index >= 15 is 0 Å². The van der Waals surface area contributed by atoms with Crippen molar-refractivity contribution in [3.8, 4) is 23.0 Å². The van der Waals surface area contributed by atoms with Crippen molar-refractivity contribution in [2.75, 3.05) is 40.1 Å². The van der Waals surface area contributed by atoms with Gasteiger partial charge in [0.1, 0.15) is 11.5 Å². The minimum atomic E-state index is -1.18. The van der Waals surface area contributed by atoms with E-state index in [1.165, 1.54) is 13.2 Å². The molecule has 0 saturated carbocycles. The summed E-state index contributed by atoms with van der Waals surface area (Å²) in [7, 11) is 1.46. The van der Waals surface area contributed by atoms with Crippen molar-refractivity contribution in [2.45, 2.75) is 25.3 Å². The Morgan fingerprint density at radius 2 is 1.89 bits per heavy atom. The minimum Gasteiger partial charge on any atom is -0.497 e. The standard InChI is InChI=1S/C26H30N2O9/c1-3-8-27-22(29)12-28-11-18(15-4-7-19-21(9-15)37-14-36-19)24(26(32)33)25(28)17-6-5-16(34-2)10-20(17)35-13-23(30)31/h4-7,9-10,18,24-25H,3,8,11-14H2,1-2H3,(H,27,29)(H,30,31)(H,32,33)/t18-,24+,25-/m1/s1. The number of carboxylic acid groups (broad SMARTS) is 2. The summed E-state index contributed by atoms with van der Waals surface area (Å²) < 4.78 is 21.7. The van der Waals surface area contributed by atoms with E-state index in [1.54, 1.807) is 29.2 Å². The third-order valence-corrected chi connectivity index (χ3v) is 6.52. The zero-order chi connectivity index (χ0) is 26.5. The van der Waals surface area contributed by atoms with Crippen molar-refractivity contribution >= 4 is 17.8 Å². The van der Waals surface area contributed by atoms with Crippen LogP contribution >= 0.6 is 0 Å². The normalized spacial score (nSPS) is 20.4. The highest BCUT2D eigenvalue weighted by Gasteiger charge is 2.49. The summed E-state index contributed by atoms with van der Waals surface area (Å²) in [5.74, 6) is -2.20. The van der Waals surface area contributed by atoms with Crippen LogP contribution in [-0.4, -0.2) is 73.1 Å². The molecular weight excluding hydrogens is 484 g/mol. The maximum atomic E-state index is 12.8. The first kappa shape index (κ1) is 26.1. The van der Waals surface area contributed by atoms with Crippen LogP contribution in [0.25, 0.3) is 0 Å². The summed E-state index contributed by atoms with van der Waals surface area (Å²) in [5.41, 5.74) is 1.20. The first-order chi connectivity index (χ1) is 17.8. The van der Waals surface area contributed by atoms with Gasteiger partial charge in [0.15, 0.2) is 18.1 Å².